The summed E-state index contributed by atoms with van der Waals surface area (Å²) in [6.07, 6.45) is 6.56. The van der Waals surface area contributed by atoms with Crippen LogP contribution >= 0.6 is 11.8 Å². The quantitative estimate of drug-likeness (QED) is 0.851. The smallest absolute Gasteiger partial charge is 0.0783 e. The van der Waals surface area contributed by atoms with Crippen LogP contribution in [-0.4, -0.2) is 49.5 Å². The molecule has 0 aromatic carbocycles. The van der Waals surface area contributed by atoms with E-state index in [4.69, 9.17) is 9.47 Å². The molecule has 0 amide bonds. The fourth-order valence-electron chi connectivity index (χ4n) is 3.85. The van der Waals surface area contributed by atoms with Gasteiger partial charge in [0.05, 0.1) is 11.7 Å². The summed E-state index contributed by atoms with van der Waals surface area (Å²) in [4.78, 5) is 0. The minimum atomic E-state index is 0.196. The Morgan fingerprint density at radius 2 is 2.28 bits per heavy atom. The van der Waals surface area contributed by atoms with Gasteiger partial charge in [-0.1, -0.05) is 0 Å². The minimum Gasteiger partial charge on any atom is -0.377 e. The molecule has 3 aliphatic rings. The van der Waals surface area contributed by atoms with E-state index in [-0.39, 0.29) is 5.60 Å². The first-order valence-electron chi connectivity index (χ1n) is 7.34. The Morgan fingerprint density at radius 3 is 2.94 bits per heavy atom. The molecule has 0 aliphatic carbocycles. The van der Waals surface area contributed by atoms with Crippen molar-refractivity contribution in [3.63, 3.8) is 0 Å². The summed E-state index contributed by atoms with van der Waals surface area (Å²) >= 11 is 2.06. The Kier molecular flexibility index (Phi) is 4.18. The van der Waals surface area contributed by atoms with Gasteiger partial charge in [0.15, 0.2) is 0 Å². The van der Waals surface area contributed by atoms with E-state index in [0.717, 1.165) is 19.1 Å². The fourth-order valence-corrected chi connectivity index (χ4v) is 5.22. The Hall–Kier alpha value is 0.230. The summed E-state index contributed by atoms with van der Waals surface area (Å²) in [5.41, 5.74) is 0.196. The van der Waals surface area contributed by atoms with E-state index in [0.29, 0.717) is 12.1 Å². The van der Waals surface area contributed by atoms with Crippen LogP contribution in [0.5, 0.6) is 0 Å². The van der Waals surface area contributed by atoms with E-state index in [1.807, 2.05) is 0 Å². The van der Waals surface area contributed by atoms with Crippen LogP contribution in [0.4, 0.5) is 0 Å². The second-order valence-electron chi connectivity index (χ2n) is 5.95. The van der Waals surface area contributed by atoms with Crippen molar-refractivity contribution in [2.75, 3.05) is 31.8 Å². The Bertz CT molecular complexity index is 275. The maximum atomic E-state index is 6.12. The highest BCUT2D eigenvalue weighted by atomic mass is 32.2. The average Bonchev–Trinajstić information content (AvgIpc) is 3.03. The first kappa shape index (κ1) is 13.2. The van der Waals surface area contributed by atoms with Gasteiger partial charge < -0.3 is 14.8 Å². The van der Waals surface area contributed by atoms with Gasteiger partial charge in [0.2, 0.25) is 0 Å². The zero-order valence-corrected chi connectivity index (χ0v) is 12.1. The molecule has 18 heavy (non-hydrogen) atoms. The summed E-state index contributed by atoms with van der Waals surface area (Å²) < 4.78 is 12.0. The van der Waals surface area contributed by atoms with Crippen molar-refractivity contribution in [3.05, 3.63) is 0 Å². The lowest BCUT2D eigenvalue weighted by Gasteiger charge is -2.42. The second kappa shape index (κ2) is 5.70. The molecule has 4 unspecified atom stereocenters. The van der Waals surface area contributed by atoms with Crippen molar-refractivity contribution in [2.45, 2.75) is 49.9 Å². The monoisotopic (exact) mass is 271 g/mol. The highest BCUT2D eigenvalue weighted by molar-refractivity contribution is 7.99. The SMILES string of the molecule is CNC(C1CCOC2(CCSC2)C1)C1CCCO1. The molecule has 3 heterocycles. The van der Waals surface area contributed by atoms with Crippen LogP contribution < -0.4 is 5.32 Å². The maximum absolute atomic E-state index is 6.12. The van der Waals surface area contributed by atoms with Crippen LogP contribution in [0.3, 0.4) is 0 Å². The molecule has 3 nitrogen and oxygen atoms in total. The van der Waals surface area contributed by atoms with E-state index < -0.39 is 0 Å². The molecule has 0 bridgehead atoms. The molecular formula is C14H25NO2S. The van der Waals surface area contributed by atoms with Gasteiger partial charge in [0.25, 0.3) is 0 Å². The number of thioether (sulfide) groups is 1. The molecule has 3 saturated heterocycles. The first-order valence-corrected chi connectivity index (χ1v) is 8.49. The number of hydrogen-bond acceptors (Lipinski definition) is 4. The molecule has 0 aromatic heterocycles. The lowest BCUT2D eigenvalue weighted by atomic mass is 9.79. The number of rotatable bonds is 3. The summed E-state index contributed by atoms with van der Waals surface area (Å²) in [5.74, 6) is 3.20. The van der Waals surface area contributed by atoms with Gasteiger partial charge in [-0.25, -0.2) is 0 Å². The van der Waals surface area contributed by atoms with E-state index in [2.05, 4.69) is 24.1 Å². The van der Waals surface area contributed by atoms with Crippen LogP contribution in [0.25, 0.3) is 0 Å². The van der Waals surface area contributed by atoms with Crippen LogP contribution in [-0.2, 0) is 9.47 Å². The lowest BCUT2D eigenvalue weighted by molar-refractivity contribution is -0.0932. The van der Waals surface area contributed by atoms with Crippen LogP contribution in [0.1, 0.15) is 32.1 Å². The number of likely N-dealkylation sites (N-methyl/N-ethyl adjacent to an activating group) is 1. The van der Waals surface area contributed by atoms with E-state index in [1.54, 1.807) is 0 Å². The molecule has 104 valence electrons. The topological polar surface area (TPSA) is 30.5 Å². The van der Waals surface area contributed by atoms with E-state index >= 15 is 0 Å². The van der Waals surface area contributed by atoms with Crippen molar-refractivity contribution in [1.29, 1.82) is 0 Å². The number of hydrogen-bond donors (Lipinski definition) is 1. The molecule has 3 fully saturated rings. The van der Waals surface area contributed by atoms with Crippen molar-refractivity contribution in [2.24, 2.45) is 5.92 Å². The second-order valence-corrected chi connectivity index (χ2v) is 7.06. The summed E-state index contributed by atoms with van der Waals surface area (Å²) in [6.45, 7) is 1.89. The number of nitrogens with one attached hydrogen (secondary N) is 1. The molecule has 4 atom stereocenters. The van der Waals surface area contributed by atoms with Gasteiger partial charge >= 0.3 is 0 Å². The average molecular weight is 271 g/mol. The molecule has 1 N–H and O–H groups in total. The van der Waals surface area contributed by atoms with E-state index in [9.17, 15) is 0 Å². The van der Waals surface area contributed by atoms with Gasteiger partial charge in [0, 0.05) is 25.0 Å². The molecular weight excluding hydrogens is 246 g/mol. The molecule has 1 spiro atoms. The zero-order chi connectivity index (χ0) is 12.4. The molecule has 3 rings (SSSR count). The molecule has 0 aromatic rings. The van der Waals surface area contributed by atoms with Gasteiger partial charge in [-0.2, -0.15) is 11.8 Å². The molecule has 4 heteroatoms. The van der Waals surface area contributed by atoms with Crippen LogP contribution in [0.2, 0.25) is 0 Å². The van der Waals surface area contributed by atoms with Crippen molar-refractivity contribution in [1.82, 2.24) is 5.32 Å². The van der Waals surface area contributed by atoms with Gasteiger partial charge in [-0.3, -0.25) is 0 Å². The predicted octanol–water partition coefficient (Wildman–Crippen LogP) is 2.06. The van der Waals surface area contributed by atoms with Crippen molar-refractivity contribution < 1.29 is 9.47 Å². The molecule has 0 radical (unpaired) electrons. The third-order valence-corrected chi connectivity index (χ3v) is 6.03. The van der Waals surface area contributed by atoms with Gasteiger partial charge in [-0.05, 0) is 50.8 Å². The molecule has 0 saturated carbocycles. The third-order valence-electron chi connectivity index (χ3n) is 4.80. The number of ether oxygens (including phenoxy) is 2. The van der Waals surface area contributed by atoms with Gasteiger partial charge in [0.1, 0.15) is 0 Å². The van der Waals surface area contributed by atoms with Crippen molar-refractivity contribution in [3.8, 4) is 0 Å². The van der Waals surface area contributed by atoms with E-state index in [1.165, 1.54) is 43.6 Å². The normalized spacial score (nSPS) is 42.5. The summed E-state index contributed by atoms with van der Waals surface area (Å²) in [7, 11) is 2.10. The fraction of sp³-hybridized carbons (Fsp3) is 1.00. The molecule has 3 aliphatic heterocycles. The predicted molar refractivity (Wildman–Crippen MR) is 75.2 cm³/mol. The highest BCUT2D eigenvalue weighted by Crippen LogP contribution is 2.42. The lowest BCUT2D eigenvalue weighted by Crippen LogP contribution is -2.50. The van der Waals surface area contributed by atoms with Crippen LogP contribution in [0, 0.1) is 5.92 Å². The minimum absolute atomic E-state index is 0.196. The standard InChI is InChI=1S/C14H25NO2S/c1-15-13(12-3-2-6-16-12)11-4-7-17-14(9-11)5-8-18-10-14/h11-13,15H,2-10H2,1H3. The van der Waals surface area contributed by atoms with Crippen molar-refractivity contribution >= 4 is 11.8 Å². The van der Waals surface area contributed by atoms with Crippen LogP contribution in [0.15, 0.2) is 0 Å². The Morgan fingerprint density at radius 1 is 1.33 bits per heavy atom. The largest absolute Gasteiger partial charge is 0.377 e. The highest BCUT2D eigenvalue weighted by Gasteiger charge is 2.44. The van der Waals surface area contributed by atoms with Gasteiger partial charge in [-0.15, -0.1) is 0 Å². The third kappa shape index (κ3) is 2.58. The summed E-state index contributed by atoms with van der Waals surface area (Å²) in [6, 6.07) is 0.527. The maximum Gasteiger partial charge on any atom is 0.0783 e. The summed E-state index contributed by atoms with van der Waals surface area (Å²) in [5, 5.41) is 3.53. The zero-order valence-electron chi connectivity index (χ0n) is 11.3. The first-order chi connectivity index (χ1) is 8.83. The Labute approximate surface area is 114 Å². The Balaban J connectivity index is 1.66.